The molecule has 1 aromatic heterocycles. The van der Waals surface area contributed by atoms with E-state index in [0.717, 1.165) is 11.3 Å². The molecular weight excluding hydrogens is 344 g/mol. The van der Waals surface area contributed by atoms with Gasteiger partial charge in [-0.1, -0.05) is 12.1 Å². The fourth-order valence-electron chi connectivity index (χ4n) is 2.62. The minimum Gasteiger partial charge on any atom is -0.497 e. The Labute approximate surface area is 160 Å². The van der Waals surface area contributed by atoms with Crippen molar-refractivity contribution in [3.63, 3.8) is 0 Å². The topological polar surface area (TPSA) is 68.7 Å². The molecule has 0 radical (unpaired) electrons. The molecular formula is C21H26N2O4. The smallest absolute Gasteiger partial charge is 0.326 e. The first kappa shape index (κ1) is 20.4. The summed E-state index contributed by atoms with van der Waals surface area (Å²) >= 11 is 0. The summed E-state index contributed by atoms with van der Waals surface area (Å²) in [6, 6.07) is 10.3. The van der Waals surface area contributed by atoms with Gasteiger partial charge in [0.15, 0.2) is 0 Å². The maximum atomic E-state index is 13.0. The lowest BCUT2D eigenvalue weighted by Crippen LogP contribution is -2.40. The zero-order valence-electron chi connectivity index (χ0n) is 16.4. The molecule has 2 rings (SSSR count). The fourth-order valence-corrected chi connectivity index (χ4v) is 2.62. The van der Waals surface area contributed by atoms with Crippen LogP contribution in [0, 0.1) is 0 Å². The van der Waals surface area contributed by atoms with Crippen molar-refractivity contribution in [2.24, 2.45) is 0 Å². The first-order valence-corrected chi connectivity index (χ1v) is 8.78. The summed E-state index contributed by atoms with van der Waals surface area (Å²) in [6.07, 6.45) is 3.11. The molecule has 1 aromatic carbocycles. The number of hydrogen-bond donors (Lipinski definition) is 0. The first-order valence-electron chi connectivity index (χ1n) is 8.78. The highest BCUT2D eigenvalue weighted by atomic mass is 16.6. The predicted molar refractivity (Wildman–Crippen MR) is 103 cm³/mol. The second-order valence-electron chi connectivity index (χ2n) is 7.20. The molecule has 0 saturated heterocycles. The summed E-state index contributed by atoms with van der Waals surface area (Å²) in [5.74, 6) is 0.0157. The van der Waals surface area contributed by atoms with Gasteiger partial charge in [-0.15, -0.1) is 0 Å². The number of esters is 1. The van der Waals surface area contributed by atoms with Gasteiger partial charge < -0.3 is 14.4 Å². The molecule has 0 N–H and O–H groups in total. The Bertz CT molecular complexity index is 767. The summed E-state index contributed by atoms with van der Waals surface area (Å²) in [7, 11) is 1.60. The van der Waals surface area contributed by atoms with Gasteiger partial charge in [0.1, 0.15) is 17.9 Å². The minimum atomic E-state index is -0.619. The summed E-state index contributed by atoms with van der Waals surface area (Å²) in [5, 5.41) is 0. The summed E-state index contributed by atoms with van der Waals surface area (Å²) in [4.78, 5) is 30.9. The van der Waals surface area contributed by atoms with E-state index in [4.69, 9.17) is 9.47 Å². The zero-order valence-corrected chi connectivity index (χ0v) is 16.4. The maximum absolute atomic E-state index is 13.0. The quantitative estimate of drug-likeness (QED) is 0.726. The van der Waals surface area contributed by atoms with Crippen molar-refractivity contribution in [1.82, 2.24) is 9.88 Å². The number of benzene rings is 1. The van der Waals surface area contributed by atoms with Crippen LogP contribution in [0.5, 0.6) is 5.75 Å². The van der Waals surface area contributed by atoms with Crippen LogP contribution in [0.1, 0.15) is 49.7 Å². The molecule has 0 aliphatic carbocycles. The van der Waals surface area contributed by atoms with Crippen molar-refractivity contribution in [3.05, 3.63) is 59.9 Å². The molecule has 0 bridgehead atoms. The van der Waals surface area contributed by atoms with Crippen LogP contribution in [-0.4, -0.2) is 41.0 Å². The molecule has 0 spiro atoms. The number of carbonyl (C=O) groups excluding carboxylic acids is 2. The molecule has 6 heteroatoms. The van der Waals surface area contributed by atoms with E-state index in [1.807, 2.05) is 31.2 Å². The van der Waals surface area contributed by atoms with Crippen molar-refractivity contribution in [3.8, 4) is 5.75 Å². The predicted octanol–water partition coefficient (Wildman–Crippen LogP) is 3.64. The molecule has 0 fully saturated rings. The van der Waals surface area contributed by atoms with Gasteiger partial charge in [-0.05, 0) is 57.5 Å². The third-order valence-electron chi connectivity index (χ3n) is 3.97. The Kier molecular flexibility index (Phi) is 6.55. The highest BCUT2D eigenvalue weighted by Gasteiger charge is 2.27. The van der Waals surface area contributed by atoms with Gasteiger partial charge in [-0.3, -0.25) is 14.6 Å². The molecule has 2 aromatic rings. The number of methoxy groups -OCH3 is 1. The SMILES string of the molecule is COc1ccc([C@H](C)N(CC(=O)OC(C)(C)C)C(=O)c2ccncc2)cc1. The van der Waals surface area contributed by atoms with Crippen LogP contribution in [-0.2, 0) is 9.53 Å². The third kappa shape index (κ3) is 5.81. The van der Waals surface area contributed by atoms with Gasteiger partial charge in [0, 0.05) is 18.0 Å². The maximum Gasteiger partial charge on any atom is 0.326 e. The Morgan fingerprint density at radius 3 is 2.19 bits per heavy atom. The van der Waals surface area contributed by atoms with E-state index in [-0.39, 0.29) is 18.5 Å². The number of nitrogens with zero attached hydrogens (tertiary/aromatic N) is 2. The summed E-state index contributed by atoms with van der Waals surface area (Å²) < 4.78 is 10.6. The van der Waals surface area contributed by atoms with Gasteiger partial charge in [0.05, 0.1) is 13.2 Å². The van der Waals surface area contributed by atoms with Gasteiger partial charge in [-0.2, -0.15) is 0 Å². The van der Waals surface area contributed by atoms with Crippen molar-refractivity contribution >= 4 is 11.9 Å². The van der Waals surface area contributed by atoms with E-state index in [0.29, 0.717) is 5.56 Å². The second-order valence-corrected chi connectivity index (χ2v) is 7.20. The van der Waals surface area contributed by atoms with Crippen LogP contribution >= 0.6 is 0 Å². The molecule has 0 saturated carbocycles. The molecule has 1 amide bonds. The Morgan fingerprint density at radius 2 is 1.67 bits per heavy atom. The van der Waals surface area contributed by atoms with Crippen molar-refractivity contribution in [2.45, 2.75) is 39.3 Å². The van der Waals surface area contributed by atoms with E-state index in [2.05, 4.69) is 4.98 Å². The number of hydrogen-bond acceptors (Lipinski definition) is 5. The van der Waals surface area contributed by atoms with Gasteiger partial charge >= 0.3 is 5.97 Å². The van der Waals surface area contributed by atoms with E-state index >= 15 is 0 Å². The van der Waals surface area contributed by atoms with Crippen LogP contribution in [0.15, 0.2) is 48.8 Å². The largest absolute Gasteiger partial charge is 0.497 e. The number of pyridine rings is 1. The summed E-state index contributed by atoms with van der Waals surface area (Å²) in [6.45, 7) is 7.13. The van der Waals surface area contributed by atoms with E-state index in [1.165, 1.54) is 4.90 Å². The van der Waals surface area contributed by atoms with E-state index < -0.39 is 11.6 Å². The average molecular weight is 370 g/mol. The fraction of sp³-hybridized carbons (Fsp3) is 0.381. The van der Waals surface area contributed by atoms with Crippen LogP contribution in [0.25, 0.3) is 0 Å². The third-order valence-corrected chi connectivity index (χ3v) is 3.97. The van der Waals surface area contributed by atoms with Crippen molar-refractivity contribution in [1.29, 1.82) is 0 Å². The first-order chi connectivity index (χ1) is 12.7. The highest BCUT2D eigenvalue weighted by molar-refractivity contribution is 5.96. The van der Waals surface area contributed by atoms with Gasteiger partial charge in [0.2, 0.25) is 0 Å². The van der Waals surface area contributed by atoms with Crippen LogP contribution in [0.3, 0.4) is 0 Å². The molecule has 6 nitrogen and oxygen atoms in total. The number of rotatable bonds is 6. The van der Waals surface area contributed by atoms with Crippen LogP contribution in [0.2, 0.25) is 0 Å². The molecule has 0 aliphatic heterocycles. The lowest BCUT2D eigenvalue weighted by Gasteiger charge is -2.30. The molecule has 144 valence electrons. The Hall–Kier alpha value is -2.89. The second kappa shape index (κ2) is 8.66. The van der Waals surface area contributed by atoms with Gasteiger partial charge in [0.25, 0.3) is 5.91 Å². The van der Waals surface area contributed by atoms with E-state index in [9.17, 15) is 9.59 Å². The number of aromatic nitrogens is 1. The Balaban J connectivity index is 2.29. The molecule has 1 atom stereocenters. The molecule has 27 heavy (non-hydrogen) atoms. The van der Waals surface area contributed by atoms with Crippen molar-refractivity contribution in [2.75, 3.05) is 13.7 Å². The van der Waals surface area contributed by atoms with Gasteiger partial charge in [-0.25, -0.2) is 0 Å². The highest BCUT2D eigenvalue weighted by Crippen LogP contribution is 2.25. The monoisotopic (exact) mass is 370 g/mol. The lowest BCUT2D eigenvalue weighted by molar-refractivity contribution is -0.156. The minimum absolute atomic E-state index is 0.147. The normalized spacial score (nSPS) is 12.2. The van der Waals surface area contributed by atoms with E-state index in [1.54, 1.807) is 52.4 Å². The standard InChI is InChI=1S/C21H26N2O4/c1-15(16-6-8-18(26-5)9-7-16)23(14-19(24)27-21(2,3)4)20(25)17-10-12-22-13-11-17/h6-13,15H,14H2,1-5H3/t15-/m0/s1. The van der Waals surface area contributed by atoms with Crippen LogP contribution < -0.4 is 4.74 Å². The molecule has 0 unspecified atom stereocenters. The number of ether oxygens (including phenoxy) is 2. The van der Waals surface area contributed by atoms with Crippen LogP contribution in [0.4, 0.5) is 0 Å². The molecule has 0 aliphatic rings. The van der Waals surface area contributed by atoms with Crippen molar-refractivity contribution < 1.29 is 19.1 Å². The average Bonchev–Trinajstić information content (AvgIpc) is 2.64. The lowest BCUT2D eigenvalue weighted by atomic mass is 10.1. The molecule has 1 heterocycles. The number of amides is 1. The zero-order chi connectivity index (χ0) is 20.0. The number of carbonyl (C=O) groups is 2. The Morgan fingerprint density at radius 1 is 1.07 bits per heavy atom. The summed E-state index contributed by atoms with van der Waals surface area (Å²) in [5.41, 5.74) is 0.738.